The Bertz CT molecular complexity index is 830. The Morgan fingerprint density at radius 2 is 1.45 bits per heavy atom. The largest absolute Gasteiger partial charge is 0.490 e. The first kappa shape index (κ1) is 25.6. The van der Waals surface area contributed by atoms with Gasteiger partial charge in [0, 0.05) is 11.5 Å². The highest BCUT2D eigenvalue weighted by Gasteiger charge is 2.28. The standard InChI is InChI=1S/C28H38F2O3/c1-3-5-7-9-11-21-12-14-22(15-13-21)23-19-32-28(33-20-23)24-16-17-25(27(30)26(24)29)31-18-10-8-6-4-2/h12-17,23,28H,3-11,18-20H2,1-2H3. The van der Waals surface area contributed by atoms with Gasteiger partial charge in [0.25, 0.3) is 0 Å². The Labute approximate surface area is 197 Å². The first-order valence-corrected chi connectivity index (χ1v) is 12.6. The molecule has 0 aromatic heterocycles. The number of benzene rings is 2. The van der Waals surface area contributed by atoms with Crippen LogP contribution in [0, 0.1) is 11.6 Å². The average molecular weight is 461 g/mol. The van der Waals surface area contributed by atoms with Gasteiger partial charge in [0.2, 0.25) is 5.82 Å². The molecule has 0 aliphatic carbocycles. The zero-order chi connectivity index (χ0) is 23.5. The monoisotopic (exact) mass is 460 g/mol. The van der Waals surface area contributed by atoms with Crippen LogP contribution in [0.1, 0.15) is 94.1 Å². The maximum atomic E-state index is 14.7. The highest BCUT2D eigenvalue weighted by atomic mass is 19.2. The van der Waals surface area contributed by atoms with Gasteiger partial charge in [-0.1, -0.05) is 76.6 Å². The first-order valence-electron chi connectivity index (χ1n) is 12.6. The van der Waals surface area contributed by atoms with Crippen molar-refractivity contribution in [2.45, 2.75) is 83.8 Å². The third-order valence-corrected chi connectivity index (χ3v) is 6.25. The van der Waals surface area contributed by atoms with Crippen LogP contribution in [0.5, 0.6) is 5.75 Å². The lowest BCUT2D eigenvalue weighted by atomic mass is 9.97. The summed E-state index contributed by atoms with van der Waals surface area (Å²) in [6, 6.07) is 11.6. The second kappa shape index (κ2) is 13.7. The Morgan fingerprint density at radius 3 is 2.12 bits per heavy atom. The van der Waals surface area contributed by atoms with Crippen molar-refractivity contribution in [1.29, 1.82) is 0 Å². The molecule has 182 valence electrons. The topological polar surface area (TPSA) is 27.7 Å². The maximum absolute atomic E-state index is 14.7. The second-order valence-electron chi connectivity index (χ2n) is 8.94. The summed E-state index contributed by atoms with van der Waals surface area (Å²) in [7, 11) is 0. The van der Waals surface area contributed by atoms with E-state index in [9.17, 15) is 8.78 Å². The van der Waals surface area contributed by atoms with Crippen molar-refractivity contribution in [3.05, 3.63) is 64.7 Å². The molecule has 33 heavy (non-hydrogen) atoms. The Morgan fingerprint density at radius 1 is 0.788 bits per heavy atom. The molecule has 3 nitrogen and oxygen atoms in total. The zero-order valence-corrected chi connectivity index (χ0v) is 20.1. The van der Waals surface area contributed by atoms with Crippen LogP contribution in [-0.2, 0) is 15.9 Å². The van der Waals surface area contributed by atoms with Crippen molar-refractivity contribution < 1.29 is 23.0 Å². The molecule has 5 heteroatoms. The minimum Gasteiger partial charge on any atom is -0.490 e. The van der Waals surface area contributed by atoms with Crippen molar-refractivity contribution in [2.24, 2.45) is 0 Å². The summed E-state index contributed by atoms with van der Waals surface area (Å²) in [5.41, 5.74) is 2.56. The van der Waals surface area contributed by atoms with Crippen LogP contribution in [0.3, 0.4) is 0 Å². The second-order valence-corrected chi connectivity index (χ2v) is 8.94. The molecule has 2 aromatic rings. The summed E-state index contributed by atoms with van der Waals surface area (Å²) in [6.07, 6.45) is 9.28. The summed E-state index contributed by atoms with van der Waals surface area (Å²) in [4.78, 5) is 0. The predicted molar refractivity (Wildman–Crippen MR) is 128 cm³/mol. The lowest BCUT2D eigenvalue weighted by Gasteiger charge is -2.30. The minimum absolute atomic E-state index is 0.0591. The van der Waals surface area contributed by atoms with E-state index in [1.165, 1.54) is 43.4 Å². The Balaban J connectivity index is 1.50. The van der Waals surface area contributed by atoms with Gasteiger partial charge in [-0.15, -0.1) is 0 Å². The Hall–Kier alpha value is -1.98. The van der Waals surface area contributed by atoms with E-state index in [4.69, 9.17) is 14.2 Å². The number of hydrogen-bond donors (Lipinski definition) is 0. The number of unbranched alkanes of at least 4 members (excludes halogenated alkanes) is 6. The fraction of sp³-hybridized carbons (Fsp3) is 0.571. The van der Waals surface area contributed by atoms with Gasteiger partial charge in [-0.05, 0) is 42.5 Å². The highest BCUT2D eigenvalue weighted by Crippen LogP contribution is 2.34. The lowest BCUT2D eigenvalue weighted by Crippen LogP contribution is -2.26. The van der Waals surface area contributed by atoms with E-state index in [0.29, 0.717) is 19.8 Å². The summed E-state index contributed by atoms with van der Waals surface area (Å²) in [6.45, 7) is 5.52. The van der Waals surface area contributed by atoms with E-state index >= 15 is 0 Å². The molecular formula is C28H38F2O3. The van der Waals surface area contributed by atoms with Gasteiger partial charge in [0.15, 0.2) is 17.9 Å². The van der Waals surface area contributed by atoms with Gasteiger partial charge in [0.05, 0.1) is 19.8 Å². The molecular weight excluding hydrogens is 422 g/mol. The number of aryl methyl sites for hydroxylation is 1. The van der Waals surface area contributed by atoms with Crippen molar-refractivity contribution in [2.75, 3.05) is 19.8 Å². The summed E-state index contributed by atoms with van der Waals surface area (Å²) in [5, 5.41) is 0. The number of hydrogen-bond acceptors (Lipinski definition) is 3. The van der Waals surface area contributed by atoms with E-state index in [1.807, 2.05) is 0 Å². The van der Waals surface area contributed by atoms with E-state index in [1.54, 1.807) is 0 Å². The molecule has 1 aliphatic rings. The third kappa shape index (κ3) is 7.51. The normalized spacial score (nSPS) is 18.4. The van der Waals surface area contributed by atoms with E-state index in [2.05, 4.69) is 38.1 Å². The molecule has 0 saturated carbocycles. The molecule has 0 unspecified atom stereocenters. The van der Waals surface area contributed by atoms with E-state index in [-0.39, 0.29) is 17.2 Å². The Kier molecular flexibility index (Phi) is 10.6. The van der Waals surface area contributed by atoms with Gasteiger partial charge in [-0.3, -0.25) is 0 Å². The van der Waals surface area contributed by atoms with Crippen LogP contribution < -0.4 is 4.74 Å². The molecule has 1 aliphatic heterocycles. The van der Waals surface area contributed by atoms with Crippen molar-refractivity contribution in [3.63, 3.8) is 0 Å². The highest BCUT2D eigenvalue weighted by molar-refractivity contribution is 5.32. The first-order chi connectivity index (χ1) is 16.1. The predicted octanol–water partition coefficient (Wildman–Crippen LogP) is 7.88. The molecule has 0 amide bonds. The van der Waals surface area contributed by atoms with Gasteiger partial charge < -0.3 is 14.2 Å². The van der Waals surface area contributed by atoms with Gasteiger partial charge in [-0.25, -0.2) is 4.39 Å². The molecule has 0 radical (unpaired) electrons. The van der Waals surface area contributed by atoms with Gasteiger partial charge >= 0.3 is 0 Å². The molecule has 1 saturated heterocycles. The number of ether oxygens (including phenoxy) is 3. The summed E-state index contributed by atoms with van der Waals surface area (Å²) >= 11 is 0. The van der Waals surface area contributed by atoms with Gasteiger partial charge in [-0.2, -0.15) is 4.39 Å². The summed E-state index contributed by atoms with van der Waals surface area (Å²) < 4.78 is 46.2. The number of rotatable bonds is 13. The van der Waals surface area contributed by atoms with Crippen molar-refractivity contribution >= 4 is 0 Å². The van der Waals surface area contributed by atoms with Crippen LogP contribution >= 0.6 is 0 Å². The van der Waals surface area contributed by atoms with Gasteiger partial charge in [0.1, 0.15) is 0 Å². The molecule has 0 atom stereocenters. The number of halogens is 2. The van der Waals surface area contributed by atoms with Crippen molar-refractivity contribution in [1.82, 2.24) is 0 Å². The maximum Gasteiger partial charge on any atom is 0.201 e. The molecule has 1 heterocycles. The van der Waals surface area contributed by atoms with Crippen LogP contribution in [0.4, 0.5) is 8.78 Å². The zero-order valence-electron chi connectivity index (χ0n) is 20.1. The van der Waals surface area contributed by atoms with Crippen LogP contribution in [0.2, 0.25) is 0 Å². The van der Waals surface area contributed by atoms with Crippen LogP contribution in [0.15, 0.2) is 36.4 Å². The molecule has 1 fully saturated rings. The van der Waals surface area contributed by atoms with Crippen molar-refractivity contribution in [3.8, 4) is 5.75 Å². The molecule has 2 aromatic carbocycles. The van der Waals surface area contributed by atoms with E-state index < -0.39 is 17.9 Å². The minimum atomic E-state index is -0.980. The third-order valence-electron chi connectivity index (χ3n) is 6.25. The van der Waals surface area contributed by atoms with Crippen LogP contribution in [0.25, 0.3) is 0 Å². The smallest absolute Gasteiger partial charge is 0.201 e. The SMILES string of the molecule is CCCCCCOc1ccc(C2OCC(c3ccc(CCCCCC)cc3)CO2)c(F)c1F. The molecule has 0 spiro atoms. The molecule has 0 N–H and O–H groups in total. The summed E-state index contributed by atoms with van der Waals surface area (Å²) in [5.74, 6) is -1.92. The quantitative estimate of drug-likeness (QED) is 0.285. The molecule has 0 bridgehead atoms. The fourth-order valence-electron chi connectivity index (χ4n) is 4.14. The average Bonchev–Trinajstić information content (AvgIpc) is 2.85. The lowest BCUT2D eigenvalue weighted by molar-refractivity contribution is -0.193. The van der Waals surface area contributed by atoms with E-state index in [0.717, 1.165) is 37.7 Å². The fourth-order valence-corrected chi connectivity index (χ4v) is 4.14. The van der Waals surface area contributed by atoms with Crippen LogP contribution in [-0.4, -0.2) is 19.8 Å². The molecule has 3 rings (SSSR count).